The summed E-state index contributed by atoms with van der Waals surface area (Å²) in [6.45, 7) is 5.49. The van der Waals surface area contributed by atoms with Gasteiger partial charge in [0.1, 0.15) is 15.1 Å². The lowest BCUT2D eigenvalue weighted by molar-refractivity contribution is -0.0809. The minimum Gasteiger partial charge on any atom is -0.357 e. The predicted octanol–water partition coefficient (Wildman–Crippen LogP) is 0.302. The number of ether oxygens (including phenoxy) is 2. The zero-order chi connectivity index (χ0) is 7.11. The third-order valence-electron chi connectivity index (χ3n) is 0.898. The first-order valence-electron chi connectivity index (χ1n) is 3.28. The van der Waals surface area contributed by atoms with E-state index in [2.05, 4.69) is 8.79 Å². The standard InChI is InChI=1S/C5H15O2PSi/c1-3-6-5(9-8)7-4-2/h5H,3-4,8-9H2,1-2H3. The van der Waals surface area contributed by atoms with Crippen molar-refractivity contribution in [2.24, 2.45) is 0 Å². The van der Waals surface area contributed by atoms with E-state index in [0.29, 0.717) is 0 Å². The van der Waals surface area contributed by atoms with Gasteiger partial charge in [-0.1, -0.05) is 0 Å². The van der Waals surface area contributed by atoms with E-state index in [0.717, 1.165) is 13.2 Å². The van der Waals surface area contributed by atoms with Gasteiger partial charge in [0.15, 0.2) is 0 Å². The van der Waals surface area contributed by atoms with Gasteiger partial charge in [-0.3, -0.25) is 0 Å². The van der Waals surface area contributed by atoms with Gasteiger partial charge < -0.3 is 9.47 Å². The molecule has 0 aliphatic heterocycles. The Labute approximate surface area is 61.2 Å². The summed E-state index contributed by atoms with van der Waals surface area (Å²) in [5.74, 6) is 0.116. The van der Waals surface area contributed by atoms with Crippen LogP contribution in [-0.4, -0.2) is 28.3 Å². The molecule has 0 saturated heterocycles. The van der Waals surface area contributed by atoms with Gasteiger partial charge in [-0.05, 0) is 13.8 Å². The first-order valence-corrected chi connectivity index (χ1v) is 7.36. The molecule has 0 N–H and O–H groups in total. The fraction of sp³-hybridized carbons (Fsp3) is 1.00. The zero-order valence-corrected chi connectivity index (χ0v) is 8.66. The molecule has 2 nitrogen and oxygen atoms in total. The highest BCUT2D eigenvalue weighted by molar-refractivity contribution is 7.55. The van der Waals surface area contributed by atoms with E-state index in [9.17, 15) is 0 Å². The number of hydrogen-bond donors (Lipinski definition) is 0. The summed E-state index contributed by atoms with van der Waals surface area (Å²) in [4.78, 5) is 0. The maximum absolute atomic E-state index is 5.25. The molecule has 0 bridgehead atoms. The first kappa shape index (κ1) is 9.57. The largest absolute Gasteiger partial charge is 0.357 e. The lowest BCUT2D eigenvalue weighted by atomic mass is 10.9. The molecule has 0 saturated carbocycles. The molecule has 1 unspecified atom stereocenters. The number of hydrogen-bond acceptors (Lipinski definition) is 2. The fourth-order valence-corrected chi connectivity index (χ4v) is 2.12. The molecular formula is C5H15O2PSi. The maximum atomic E-state index is 5.25. The average Bonchev–Trinajstić information content (AvgIpc) is 1.88. The van der Waals surface area contributed by atoms with Crippen LogP contribution in [0.2, 0.25) is 0 Å². The minimum atomic E-state index is -0.222. The molecule has 0 aromatic carbocycles. The molecule has 0 aliphatic rings. The quantitative estimate of drug-likeness (QED) is 0.332. The highest BCUT2D eigenvalue weighted by Gasteiger charge is 2.02. The Morgan fingerprint density at radius 2 is 1.78 bits per heavy atom. The summed E-state index contributed by atoms with van der Waals surface area (Å²) in [5, 5.41) is 0. The molecule has 0 aromatic heterocycles. The van der Waals surface area contributed by atoms with Crippen LogP contribution in [0.3, 0.4) is 0 Å². The molecule has 9 heavy (non-hydrogen) atoms. The van der Waals surface area contributed by atoms with Gasteiger partial charge >= 0.3 is 0 Å². The molecular weight excluding hydrogens is 151 g/mol. The Balaban J connectivity index is 3.18. The van der Waals surface area contributed by atoms with Gasteiger partial charge in [-0.25, -0.2) is 0 Å². The molecule has 0 fully saturated rings. The molecule has 0 rings (SSSR count). The molecule has 1 atom stereocenters. The van der Waals surface area contributed by atoms with E-state index < -0.39 is 0 Å². The lowest BCUT2D eigenvalue weighted by Gasteiger charge is -2.13. The second-order valence-corrected chi connectivity index (χ2v) is 4.13. The zero-order valence-electron chi connectivity index (χ0n) is 6.09. The molecule has 0 heterocycles. The summed E-state index contributed by atoms with van der Waals surface area (Å²) in [6, 6.07) is 0. The van der Waals surface area contributed by atoms with E-state index in [1.165, 1.54) is 0 Å². The van der Waals surface area contributed by atoms with Crippen molar-refractivity contribution in [2.45, 2.75) is 19.8 Å². The second kappa shape index (κ2) is 6.68. The van der Waals surface area contributed by atoms with Crippen LogP contribution in [0.4, 0.5) is 0 Å². The van der Waals surface area contributed by atoms with Crippen LogP contribution >= 0.6 is 8.79 Å². The third kappa shape index (κ3) is 5.03. The van der Waals surface area contributed by atoms with Crippen molar-refractivity contribution >= 4 is 18.0 Å². The van der Waals surface area contributed by atoms with Crippen LogP contribution in [0.25, 0.3) is 0 Å². The maximum Gasteiger partial charge on any atom is 0.139 e. The molecule has 0 spiro atoms. The van der Waals surface area contributed by atoms with Crippen LogP contribution in [0, 0.1) is 0 Å². The van der Waals surface area contributed by atoms with Crippen molar-refractivity contribution in [1.29, 1.82) is 0 Å². The summed E-state index contributed by atoms with van der Waals surface area (Å²) in [6.07, 6.45) is 0. The van der Waals surface area contributed by atoms with Gasteiger partial charge in [0.2, 0.25) is 0 Å². The smallest absolute Gasteiger partial charge is 0.139 e. The topological polar surface area (TPSA) is 18.5 Å². The summed E-state index contributed by atoms with van der Waals surface area (Å²) >= 11 is 0. The van der Waals surface area contributed by atoms with Crippen molar-refractivity contribution in [3.8, 4) is 0 Å². The van der Waals surface area contributed by atoms with Crippen LogP contribution in [0.1, 0.15) is 13.8 Å². The van der Waals surface area contributed by atoms with Crippen LogP contribution < -0.4 is 0 Å². The summed E-state index contributed by atoms with van der Waals surface area (Å²) in [5.41, 5.74) is 0. The van der Waals surface area contributed by atoms with Gasteiger partial charge in [0.05, 0.1) is 0 Å². The van der Waals surface area contributed by atoms with E-state index >= 15 is 0 Å². The number of rotatable bonds is 5. The predicted molar refractivity (Wildman–Crippen MR) is 45.3 cm³/mol. The average molecular weight is 166 g/mol. The first-order chi connectivity index (χ1) is 4.35. The molecule has 56 valence electrons. The monoisotopic (exact) mass is 166 g/mol. The highest BCUT2D eigenvalue weighted by atomic mass is 31.3. The Morgan fingerprint density at radius 3 is 2.00 bits per heavy atom. The van der Waals surface area contributed by atoms with Crippen LogP contribution in [0.5, 0.6) is 0 Å². The van der Waals surface area contributed by atoms with Crippen molar-refractivity contribution in [1.82, 2.24) is 0 Å². The van der Waals surface area contributed by atoms with Crippen LogP contribution in [-0.2, 0) is 9.47 Å². The van der Waals surface area contributed by atoms with E-state index in [-0.39, 0.29) is 15.1 Å². The molecule has 0 amide bonds. The minimum absolute atomic E-state index is 0.116. The van der Waals surface area contributed by atoms with Gasteiger partial charge in [-0.15, -0.1) is 8.79 Å². The Morgan fingerprint density at radius 1 is 1.33 bits per heavy atom. The highest BCUT2D eigenvalue weighted by Crippen LogP contribution is 1.95. The van der Waals surface area contributed by atoms with Crippen molar-refractivity contribution in [3.05, 3.63) is 0 Å². The van der Waals surface area contributed by atoms with Gasteiger partial charge in [0.25, 0.3) is 0 Å². The van der Waals surface area contributed by atoms with Crippen molar-refractivity contribution in [2.75, 3.05) is 13.2 Å². The van der Waals surface area contributed by atoms with Gasteiger partial charge in [0, 0.05) is 13.2 Å². The van der Waals surface area contributed by atoms with Crippen LogP contribution in [0.15, 0.2) is 0 Å². The fourth-order valence-electron chi connectivity index (χ4n) is 0.556. The van der Waals surface area contributed by atoms with E-state index in [1.54, 1.807) is 0 Å². The van der Waals surface area contributed by atoms with E-state index in [1.807, 2.05) is 13.8 Å². The van der Waals surface area contributed by atoms with Crippen molar-refractivity contribution in [3.63, 3.8) is 0 Å². The Kier molecular flexibility index (Phi) is 7.10. The lowest BCUT2D eigenvalue weighted by Crippen LogP contribution is -2.20. The van der Waals surface area contributed by atoms with Crippen molar-refractivity contribution < 1.29 is 9.47 Å². The Bertz CT molecular complexity index is 56.9. The molecule has 0 aromatic rings. The molecule has 0 radical (unpaired) electrons. The summed E-state index contributed by atoms with van der Waals surface area (Å²) < 4.78 is 10.5. The van der Waals surface area contributed by atoms with E-state index in [4.69, 9.17) is 9.47 Å². The SMILES string of the molecule is CCOC(OCC)[SiH2]P. The van der Waals surface area contributed by atoms with Gasteiger partial charge in [-0.2, -0.15) is 0 Å². The summed E-state index contributed by atoms with van der Waals surface area (Å²) in [7, 11) is 2.51. The third-order valence-corrected chi connectivity index (χ3v) is 2.91. The normalized spacial score (nSPS) is 12.0. The molecule has 4 heteroatoms. The Hall–Kier alpha value is 0.567. The second-order valence-electron chi connectivity index (χ2n) is 1.58. The molecule has 0 aliphatic carbocycles.